The summed E-state index contributed by atoms with van der Waals surface area (Å²) in [6, 6.07) is 0. The van der Waals surface area contributed by atoms with Crippen molar-refractivity contribution in [1.82, 2.24) is 0 Å². The highest BCUT2D eigenvalue weighted by molar-refractivity contribution is 5.79. The fraction of sp³-hybridized carbons (Fsp3) is 0.913. The Kier molecular flexibility index (Phi) is 3.75. The van der Waals surface area contributed by atoms with Gasteiger partial charge >= 0.3 is 5.97 Å². The Labute approximate surface area is 162 Å². The lowest BCUT2D eigenvalue weighted by atomic mass is 9.44. The third-order valence-corrected chi connectivity index (χ3v) is 9.86. The number of hydrogen-bond donors (Lipinski definition) is 0. The summed E-state index contributed by atoms with van der Waals surface area (Å²) in [5, 5.41) is 0. The number of fused-ring (bicyclic) bond motifs is 4. The second-order valence-electron chi connectivity index (χ2n) is 10.8. The Bertz CT molecular complexity index is 688. The summed E-state index contributed by atoms with van der Waals surface area (Å²) < 4.78 is 12.1. The number of ether oxygens (including phenoxy) is 2. The average molecular weight is 375 g/mol. The van der Waals surface area contributed by atoms with Gasteiger partial charge in [0.25, 0.3) is 0 Å². The van der Waals surface area contributed by atoms with Crippen molar-refractivity contribution in [2.24, 2.45) is 34.5 Å². The standard InChI is InChI=1S/C23H34O4/c1-13(24)17-5-6-18-16-11-20-23(27-20)12-15(26-14(2)25)7-10-22(23,4)19(16)8-9-21(17,18)3/h15-20H,5-12H2,1-4H3/t15-,16+,17+,18-,19-,20+,21-,22-,23+/m1/s1. The molecule has 4 aliphatic carbocycles. The zero-order chi connectivity index (χ0) is 19.2. The van der Waals surface area contributed by atoms with Crippen LogP contribution in [0.4, 0.5) is 0 Å². The molecule has 5 rings (SSSR count). The van der Waals surface area contributed by atoms with E-state index in [0.717, 1.165) is 32.1 Å². The van der Waals surface area contributed by atoms with Crippen molar-refractivity contribution in [1.29, 1.82) is 0 Å². The van der Waals surface area contributed by atoms with Gasteiger partial charge in [-0.3, -0.25) is 9.59 Å². The van der Waals surface area contributed by atoms with E-state index in [1.165, 1.54) is 26.2 Å². The molecule has 4 nitrogen and oxygen atoms in total. The number of esters is 1. The van der Waals surface area contributed by atoms with Gasteiger partial charge < -0.3 is 9.47 Å². The second-order valence-corrected chi connectivity index (χ2v) is 10.8. The van der Waals surface area contributed by atoms with Gasteiger partial charge in [-0.1, -0.05) is 13.8 Å². The van der Waals surface area contributed by atoms with E-state index in [1.54, 1.807) is 6.92 Å². The third-order valence-electron chi connectivity index (χ3n) is 9.86. The van der Waals surface area contributed by atoms with Crippen LogP contribution in [0.2, 0.25) is 0 Å². The fourth-order valence-electron chi connectivity index (χ4n) is 8.64. The molecular weight excluding hydrogens is 340 g/mol. The van der Waals surface area contributed by atoms with Crippen LogP contribution in [-0.2, 0) is 19.1 Å². The third kappa shape index (κ3) is 2.25. The minimum absolute atomic E-state index is 0.0274. The van der Waals surface area contributed by atoms with Gasteiger partial charge in [-0.2, -0.15) is 0 Å². The van der Waals surface area contributed by atoms with E-state index >= 15 is 0 Å². The Balaban J connectivity index is 1.42. The van der Waals surface area contributed by atoms with Crippen LogP contribution in [0.3, 0.4) is 0 Å². The van der Waals surface area contributed by atoms with E-state index in [9.17, 15) is 9.59 Å². The molecule has 0 aromatic rings. The van der Waals surface area contributed by atoms with Gasteiger partial charge in [0.1, 0.15) is 17.5 Å². The first-order chi connectivity index (χ1) is 12.7. The number of carbonyl (C=O) groups excluding carboxylic acids is 2. The Morgan fingerprint density at radius 2 is 1.78 bits per heavy atom. The topological polar surface area (TPSA) is 55.9 Å². The van der Waals surface area contributed by atoms with Gasteiger partial charge in [-0.15, -0.1) is 0 Å². The second kappa shape index (κ2) is 5.58. The van der Waals surface area contributed by atoms with Crippen LogP contribution in [0.25, 0.3) is 0 Å². The summed E-state index contributed by atoms with van der Waals surface area (Å²) in [6.45, 7) is 8.19. The minimum atomic E-state index is -0.166. The lowest BCUT2D eigenvalue weighted by Crippen LogP contribution is -2.59. The van der Waals surface area contributed by atoms with Crippen LogP contribution < -0.4 is 0 Å². The monoisotopic (exact) mass is 374 g/mol. The van der Waals surface area contributed by atoms with Crippen LogP contribution in [0, 0.1) is 34.5 Å². The van der Waals surface area contributed by atoms with E-state index in [4.69, 9.17) is 9.47 Å². The van der Waals surface area contributed by atoms with E-state index in [2.05, 4.69) is 13.8 Å². The predicted molar refractivity (Wildman–Crippen MR) is 101 cm³/mol. The molecule has 4 saturated carbocycles. The van der Waals surface area contributed by atoms with E-state index in [-0.39, 0.29) is 34.4 Å². The minimum Gasteiger partial charge on any atom is -0.462 e. The number of carbonyl (C=O) groups is 2. The van der Waals surface area contributed by atoms with Crippen molar-refractivity contribution >= 4 is 11.8 Å². The molecule has 9 atom stereocenters. The average Bonchev–Trinajstić information content (AvgIpc) is 3.15. The molecule has 5 aliphatic rings. The largest absolute Gasteiger partial charge is 0.462 e. The van der Waals surface area contributed by atoms with Crippen LogP contribution in [0.5, 0.6) is 0 Å². The summed E-state index contributed by atoms with van der Waals surface area (Å²) in [5.41, 5.74) is 0.346. The number of epoxide rings is 1. The lowest BCUT2D eigenvalue weighted by Gasteiger charge is -2.59. The molecule has 0 bridgehead atoms. The summed E-state index contributed by atoms with van der Waals surface area (Å²) in [5.74, 6) is 2.57. The number of rotatable bonds is 2. The Hall–Kier alpha value is -0.900. The summed E-state index contributed by atoms with van der Waals surface area (Å²) in [7, 11) is 0. The van der Waals surface area contributed by atoms with Crippen LogP contribution in [0.15, 0.2) is 0 Å². The maximum Gasteiger partial charge on any atom is 0.302 e. The molecule has 0 amide bonds. The van der Waals surface area contributed by atoms with Gasteiger partial charge in [0.15, 0.2) is 0 Å². The predicted octanol–water partition coefficient (Wildman–Crippen LogP) is 4.30. The normalized spacial score (nSPS) is 55.6. The number of Topliss-reactive ketones (excluding diaryl/α,β-unsaturated/α-hetero) is 1. The van der Waals surface area contributed by atoms with Gasteiger partial charge in [-0.25, -0.2) is 0 Å². The summed E-state index contributed by atoms with van der Waals surface area (Å²) in [4.78, 5) is 23.7. The smallest absolute Gasteiger partial charge is 0.302 e. The van der Waals surface area contributed by atoms with E-state index in [0.29, 0.717) is 29.6 Å². The molecule has 1 heterocycles. The van der Waals surface area contributed by atoms with Crippen LogP contribution in [0.1, 0.15) is 79.1 Å². The molecule has 1 spiro atoms. The van der Waals surface area contributed by atoms with Crippen molar-refractivity contribution in [2.75, 3.05) is 0 Å². The molecule has 0 unspecified atom stereocenters. The first kappa shape index (κ1) is 18.1. The maximum absolute atomic E-state index is 12.3. The molecule has 0 aromatic heterocycles. The van der Waals surface area contributed by atoms with Crippen LogP contribution >= 0.6 is 0 Å². The van der Waals surface area contributed by atoms with E-state index < -0.39 is 0 Å². The molecule has 1 saturated heterocycles. The first-order valence-corrected chi connectivity index (χ1v) is 11.1. The molecule has 0 radical (unpaired) electrons. The number of ketones is 1. The van der Waals surface area contributed by atoms with Crippen molar-refractivity contribution in [2.45, 2.75) is 96.9 Å². The molecule has 0 N–H and O–H groups in total. The van der Waals surface area contributed by atoms with Crippen molar-refractivity contribution in [3.63, 3.8) is 0 Å². The zero-order valence-corrected chi connectivity index (χ0v) is 17.3. The molecule has 27 heavy (non-hydrogen) atoms. The zero-order valence-electron chi connectivity index (χ0n) is 17.3. The molecular formula is C23H34O4. The Morgan fingerprint density at radius 3 is 2.48 bits per heavy atom. The van der Waals surface area contributed by atoms with Crippen LogP contribution in [-0.4, -0.2) is 29.6 Å². The van der Waals surface area contributed by atoms with Gasteiger partial charge in [0.05, 0.1) is 6.10 Å². The number of hydrogen-bond acceptors (Lipinski definition) is 4. The molecule has 1 aliphatic heterocycles. The quantitative estimate of drug-likeness (QED) is 0.534. The SMILES string of the molecule is CC(=O)O[C@@H]1CC[C@]2(C)[C@@H]3CC[C@@]4(C)[C@H](CC[C@H]4C(C)=O)[C@@H]3C[C@@H]3O[C@@]32C1. The van der Waals surface area contributed by atoms with Crippen molar-refractivity contribution in [3.8, 4) is 0 Å². The van der Waals surface area contributed by atoms with E-state index in [1.807, 2.05) is 0 Å². The van der Waals surface area contributed by atoms with Gasteiger partial charge in [-0.05, 0) is 75.0 Å². The van der Waals surface area contributed by atoms with Gasteiger partial charge in [0, 0.05) is 24.7 Å². The van der Waals surface area contributed by atoms with Crippen molar-refractivity contribution in [3.05, 3.63) is 0 Å². The van der Waals surface area contributed by atoms with Gasteiger partial charge in [0.2, 0.25) is 0 Å². The van der Waals surface area contributed by atoms with Crippen molar-refractivity contribution < 1.29 is 19.1 Å². The summed E-state index contributed by atoms with van der Waals surface area (Å²) >= 11 is 0. The highest BCUT2D eigenvalue weighted by Crippen LogP contribution is 2.74. The highest BCUT2D eigenvalue weighted by atomic mass is 16.6. The lowest BCUT2D eigenvalue weighted by molar-refractivity contribution is -0.158. The molecule has 5 fully saturated rings. The summed E-state index contributed by atoms with van der Waals surface area (Å²) in [6.07, 6.45) is 9.18. The molecule has 150 valence electrons. The highest BCUT2D eigenvalue weighted by Gasteiger charge is 2.76. The molecule has 0 aromatic carbocycles. The fourth-order valence-corrected chi connectivity index (χ4v) is 8.64. The molecule has 4 heteroatoms. The first-order valence-electron chi connectivity index (χ1n) is 11.1. The Morgan fingerprint density at radius 1 is 1.00 bits per heavy atom. The maximum atomic E-state index is 12.3.